The van der Waals surface area contributed by atoms with Crippen molar-refractivity contribution < 1.29 is 22.7 Å². The molecule has 3 rings (SSSR count). The highest BCUT2D eigenvalue weighted by molar-refractivity contribution is 7.92. The number of hydrogen-bond acceptors (Lipinski definition) is 5. The van der Waals surface area contributed by atoms with Gasteiger partial charge in [-0.15, -0.1) is 0 Å². The molecule has 0 radical (unpaired) electrons. The van der Waals surface area contributed by atoms with Crippen LogP contribution in [0.15, 0.2) is 78.9 Å². The second-order valence-corrected chi connectivity index (χ2v) is 12.1. The zero-order valence-corrected chi connectivity index (χ0v) is 25.4. The van der Waals surface area contributed by atoms with Crippen LogP contribution in [0.25, 0.3) is 0 Å². The van der Waals surface area contributed by atoms with Crippen LogP contribution in [0.3, 0.4) is 0 Å². The maximum Gasteiger partial charge on any atom is 0.244 e. The average molecular weight is 580 g/mol. The number of benzene rings is 3. The third-order valence-corrected chi connectivity index (χ3v) is 8.21. The standard InChI is InChI=1S/C32H41N3O5S/c1-6-24(3)33-32(37)30(21-26-12-9-8-10-13-26)34(22-27-14-11-15-29(20-27)40-4)31(36)23-35(41(5,38)39)28-18-16-25(7-2)17-19-28/h8-20,24,30H,6-7,21-23H2,1-5H3,(H,33,37)/t24-,30+/m0/s1. The first-order valence-corrected chi connectivity index (χ1v) is 15.7. The summed E-state index contributed by atoms with van der Waals surface area (Å²) in [6, 6.07) is 22.9. The molecule has 220 valence electrons. The fraction of sp³-hybridized carbons (Fsp3) is 0.375. The summed E-state index contributed by atoms with van der Waals surface area (Å²) in [5.74, 6) is -0.164. The Labute approximate surface area is 244 Å². The zero-order valence-electron chi connectivity index (χ0n) is 24.5. The molecule has 0 bridgehead atoms. The Morgan fingerprint density at radius 1 is 0.902 bits per heavy atom. The van der Waals surface area contributed by atoms with Gasteiger partial charge in [0.25, 0.3) is 0 Å². The Bertz CT molecular complexity index is 1390. The average Bonchev–Trinajstić information content (AvgIpc) is 2.97. The van der Waals surface area contributed by atoms with Gasteiger partial charge in [0, 0.05) is 19.0 Å². The summed E-state index contributed by atoms with van der Waals surface area (Å²) in [6.07, 6.45) is 2.88. The fourth-order valence-corrected chi connectivity index (χ4v) is 5.32. The highest BCUT2D eigenvalue weighted by Crippen LogP contribution is 2.22. The number of nitrogens with one attached hydrogen (secondary N) is 1. The quantitative estimate of drug-likeness (QED) is 0.302. The molecule has 0 spiro atoms. The van der Waals surface area contributed by atoms with E-state index in [1.54, 1.807) is 25.3 Å². The Kier molecular flexibility index (Phi) is 11.3. The number of sulfonamides is 1. The molecule has 41 heavy (non-hydrogen) atoms. The first-order valence-electron chi connectivity index (χ1n) is 13.9. The maximum absolute atomic E-state index is 14.2. The summed E-state index contributed by atoms with van der Waals surface area (Å²) in [7, 11) is -2.25. The fourth-order valence-electron chi connectivity index (χ4n) is 4.47. The normalized spacial score (nSPS) is 12.7. The number of methoxy groups -OCH3 is 1. The van der Waals surface area contributed by atoms with E-state index in [9.17, 15) is 18.0 Å². The molecule has 0 aliphatic heterocycles. The molecular weight excluding hydrogens is 538 g/mol. The van der Waals surface area contributed by atoms with Gasteiger partial charge in [-0.3, -0.25) is 13.9 Å². The van der Waals surface area contributed by atoms with E-state index >= 15 is 0 Å². The van der Waals surface area contributed by atoms with Crippen LogP contribution in [0.4, 0.5) is 5.69 Å². The molecule has 0 heterocycles. The van der Waals surface area contributed by atoms with Crippen molar-refractivity contribution in [2.75, 3.05) is 24.2 Å². The van der Waals surface area contributed by atoms with Crippen LogP contribution in [-0.4, -0.2) is 57.1 Å². The van der Waals surface area contributed by atoms with Crippen molar-refractivity contribution in [3.63, 3.8) is 0 Å². The first-order chi connectivity index (χ1) is 19.5. The van der Waals surface area contributed by atoms with Crippen LogP contribution in [0.5, 0.6) is 5.75 Å². The molecule has 3 aromatic carbocycles. The van der Waals surface area contributed by atoms with E-state index in [1.807, 2.05) is 81.4 Å². The predicted octanol–water partition coefficient (Wildman–Crippen LogP) is 4.58. The number of carbonyl (C=O) groups is 2. The van der Waals surface area contributed by atoms with Crippen LogP contribution >= 0.6 is 0 Å². The summed E-state index contributed by atoms with van der Waals surface area (Å²) in [4.78, 5) is 29.4. The van der Waals surface area contributed by atoms with Crippen molar-refractivity contribution in [2.45, 2.75) is 58.7 Å². The van der Waals surface area contributed by atoms with Crippen molar-refractivity contribution in [2.24, 2.45) is 0 Å². The van der Waals surface area contributed by atoms with Gasteiger partial charge in [0.15, 0.2) is 0 Å². The van der Waals surface area contributed by atoms with Gasteiger partial charge >= 0.3 is 0 Å². The zero-order chi connectivity index (χ0) is 30.0. The lowest BCUT2D eigenvalue weighted by molar-refractivity contribution is -0.140. The highest BCUT2D eigenvalue weighted by Gasteiger charge is 2.33. The molecule has 0 saturated carbocycles. The van der Waals surface area contributed by atoms with Gasteiger partial charge in [0.2, 0.25) is 21.8 Å². The predicted molar refractivity (Wildman–Crippen MR) is 163 cm³/mol. The largest absolute Gasteiger partial charge is 0.497 e. The molecule has 0 aliphatic carbocycles. The van der Waals surface area contributed by atoms with Crippen molar-refractivity contribution in [1.29, 1.82) is 0 Å². The number of carbonyl (C=O) groups excluding carboxylic acids is 2. The highest BCUT2D eigenvalue weighted by atomic mass is 32.2. The van der Waals surface area contributed by atoms with E-state index in [0.29, 0.717) is 11.4 Å². The van der Waals surface area contributed by atoms with Gasteiger partial charge in [-0.1, -0.05) is 68.4 Å². The van der Waals surface area contributed by atoms with E-state index in [0.717, 1.165) is 40.1 Å². The summed E-state index contributed by atoms with van der Waals surface area (Å²) in [6.45, 7) is 5.55. The molecular formula is C32H41N3O5S. The van der Waals surface area contributed by atoms with Crippen molar-refractivity contribution >= 4 is 27.5 Å². The van der Waals surface area contributed by atoms with Crippen LogP contribution in [-0.2, 0) is 39.0 Å². The molecule has 0 aliphatic rings. The maximum atomic E-state index is 14.2. The number of rotatable bonds is 14. The van der Waals surface area contributed by atoms with Crippen LogP contribution in [0.1, 0.15) is 43.9 Å². The Morgan fingerprint density at radius 2 is 1.56 bits per heavy atom. The van der Waals surface area contributed by atoms with Gasteiger partial charge in [-0.05, 0) is 60.7 Å². The second-order valence-electron chi connectivity index (χ2n) is 10.2. The number of hydrogen-bond donors (Lipinski definition) is 1. The molecule has 0 saturated heterocycles. The lowest BCUT2D eigenvalue weighted by atomic mass is 10.0. The lowest BCUT2D eigenvalue weighted by Crippen LogP contribution is -2.54. The minimum atomic E-state index is -3.81. The summed E-state index contributed by atoms with van der Waals surface area (Å²) in [5, 5.41) is 3.03. The first kappa shape index (κ1) is 31.7. The van der Waals surface area contributed by atoms with Crippen molar-refractivity contribution in [3.8, 4) is 5.75 Å². The summed E-state index contributed by atoms with van der Waals surface area (Å²) in [5.41, 5.74) is 3.08. The van der Waals surface area contributed by atoms with E-state index in [1.165, 1.54) is 4.90 Å². The smallest absolute Gasteiger partial charge is 0.244 e. The van der Waals surface area contributed by atoms with Gasteiger partial charge < -0.3 is 15.0 Å². The number of ether oxygens (including phenoxy) is 1. The van der Waals surface area contributed by atoms with Crippen molar-refractivity contribution in [1.82, 2.24) is 10.2 Å². The number of nitrogens with zero attached hydrogens (tertiary/aromatic N) is 2. The third kappa shape index (κ3) is 9.08. The van der Waals surface area contributed by atoms with E-state index in [-0.39, 0.29) is 24.9 Å². The Balaban J connectivity index is 2.06. The molecule has 9 heteroatoms. The molecule has 0 unspecified atom stereocenters. The topological polar surface area (TPSA) is 96.0 Å². The number of anilines is 1. The minimum absolute atomic E-state index is 0.0911. The van der Waals surface area contributed by atoms with Gasteiger partial charge in [0.05, 0.1) is 19.1 Å². The van der Waals surface area contributed by atoms with Crippen LogP contribution < -0.4 is 14.4 Å². The Hall–Kier alpha value is -3.85. The van der Waals surface area contributed by atoms with Crippen molar-refractivity contribution in [3.05, 3.63) is 95.6 Å². The van der Waals surface area contributed by atoms with Crippen LogP contribution in [0.2, 0.25) is 0 Å². The monoisotopic (exact) mass is 579 g/mol. The van der Waals surface area contributed by atoms with E-state index < -0.39 is 28.5 Å². The summed E-state index contributed by atoms with van der Waals surface area (Å²) >= 11 is 0. The molecule has 8 nitrogen and oxygen atoms in total. The number of aryl methyl sites for hydroxylation is 1. The van der Waals surface area contributed by atoms with Gasteiger partial charge in [0.1, 0.15) is 18.3 Å². The number of amides is 2. The molecule has 3 aromatic rings. The Morgan fingerprint density at radius 3 is 2.15 bits per heavy atom. The lowest BCUT2D eigenvalue weighted by Gasteiger charge is -2.34. The molecule has 0 fully saturated rings. The van der Waals surface area contributed by atoms with Gasteiger partial charge in [-0.25, -0.2) is 8.42 Å². The molecule has 0 aromatic heterocycles. The molecule has 2 atom stereocenters. The SMILES string of the molecule is CCc1ccc(N(CC(=O)N(Cc2cccc(OC)c2)[C@H](Cc2ccccc2)C(=O)N[C@@H](C)CC)S(C)(=O)=O)cc1. The van der Waals surface area contributed by atoms with Gasteiger partial charge in [-0.2, -0.15) is 0 Å². The summed E-state index contributed by atoms with van der Waals surface area (Å²) < 4.78 is 32.3. The van der Waals surface area contributed by atoms with E-state index in [2.05, 4.69) is 5.32 Å². The molecule has 1 N–H and O–H groups in total. The van der Waals surface area contributed by atoms with Crippen LogP contribution in [0, 0.1) is 0 Å². The minimum Gasteiger partial charge on any atom is -0.497 e. The second kappa shape index (κ2) is 14.7. The molecule has 2 amide bonds. The third-order valence-electron chi connectivity index (χ3n) is 7.07. The van der Waals surface area contributed by atoms with E-state index in [4.69, 9.17) is 4.74 Å².